The van der Waals surface area contributed by atoms with Crippen LogP contribution in [-0.4, -0.2) is 18.7 Å². The number of halogens is 2. The third-order valence-corrected chi connectivity index (χ3v) is 9.35. The zero-order valence-electron chi connectivity index (χ0n) is 26.8. The van der Waals surface area contributed by atoms with Gasteiger partial charge in [-0.1, -0.05) is 87.3 Å². The first kappa shape index (κ1) is 32.2. The van der Waals surface area contributed by atoms with Gasteiger partial charge in [0, 0.05) is 42.7 Å². The number of Topliss-reactive ketones (excluding diaryl/α,β-unsaturated/α-hetero) is 2. The second-order valence-corrected chi connectivity index (χ2v) is 14.8. The smallest absolute Gasteiger partial charge is 0.163 e. The Hall–Kier alpha value is -3.74. The van der Waals surface area contributed by atoms with Gasteiger partial charge in [0.05, 0.1) is 17.2 Å². The average molecular weight is 662 g/mol. The molecule has 46 heavy (non-hydrogen) atoms. The number of ketones is 2. The predicted molar refractivity (Wildman–Crippen MR) is 178 cm³/mol. The van der Waals surface area contributed by atoms with E-state index in [1.807, 2.05) is 48.5 Å². The lowest BCUT2D eigenvalue weighted by molar-refractivity contribution is -0.120. The lowest BCUT2D eigenvalue weighted by Crippen LogP contribution is -2.37. The number of carbonyl (C=O) groups is 2. The van der Waals surface area contributed by atoms with Crippen molar-refractivity contribution >= 4 is 34.8 Å². The van der Waals surface area contributed by atoms with Crippen molar-refractivity contribution in [3.8, 4) is 17.2 Å². The van der Waals surface area contributed by atoms with Gasteiger partial charge in [0.15, 0.2) is 28.8 Å². The van der Waals surface area contributed by atoms with Gasteiger partial charge in [0.25, 0.3) is 0 Å². The summed E-state index contributed by atoms with van der Waals surface area (Å²) in [4.78, 5) is 27.3. The Bertz CT molecular complexity index is 1690. The average Bonchev–Trinajstić information content (AvgIpc) is 2.98. The highest BCUT2D eigenvalue weighted by Gasteiger charge is 2.48. The molecule has 0 saturated heterocycles. The highest BCUT2D eigenvalue weighted by molar-refractivity contribution is 6.37. The second-order valence-electron chi connectivity index (χ2n) is 14.0. The summed E-state index contributed by atoms with van der Waals surface area (Å²) in [6.45, 7) is 8.85. The first-order valence-corrected chi connectivity index (χ1v) is 16.3. The standard InChI is InChI=1S/C38H38Cl2O6/c1-37(2)16-27(41)34-31(18-37)46-32-19-38(3,4)17-28(42)35(32)33(34)24-14-25(39)36(26(40)15-24)45-21-23-11-12-29(30(13-23)43-5)44-20-22-9-7-6-8-10-22/h6-15,33H,16-21H2,1-5H3. The van der Waals surface area contributed by atoms with Crippen LogP contribution in [0.5, 0.6) is 17.2 Å². The molecule has 240 valence electrons. The number of ether oxygens (including phenoxy) is 4. The second kappa shape index (κ2) is 12.5. The van der Waals surface area contributed by atoms with E-state index in [1.54, 1.807) is 19.2 Å². The number of allylic oxidation sites excluding steroid dienone is 4. The minimum atomic E-state index is -0.595. The van der Waals surface area contributed by atoms with Crippen LogP contribution in [0.2, 0.25) is 10.0 Å². The van der Waals surface area contributed by atoms with Crippen molar-refractivity contribution in [2.24, 2.45) is 10.8 Å². The zero-order valence-corrected chi connectivity index (χ0v) is 28.3. The Morgan fingerprint density at radius 2 is 1.28 bits per heavy atom. The zero-order chi connectivity index (χ0) is 32.8. The van der Waals surface area contributed by atoms with Crippen LogP contribution in [0.1, 0.15) is 76.0 Å². The normalized spacial score (nSPS) is 18.9. The largest absolute Gasteiger partial charge is 0.493 e. The van der Waals surface area contributed by atoms with E-state index < -0.39 is 5.92 Å². The maximum Gasteiger partial charge on any atom is 0.163 e. The molecule has 3 aromatic rings. The summed E-state index contributed by atoms with van der Waals surface area (Å²) in [7, 11) is 1.59. The van der Waals surface area contributed by atoms with Crippen LogP contribution in [0.25, 0.3) is 0 Å². The SMILES string of the molecule is COc1cc(COc2c(Cl)cc(C3C4=C(CC(C)(C)CC4=O)OC4=C3C(=O)CC(C)(C)C4)cc2Cl)ccc1OCc1ccccc1. The molecule has 1 aliphatic heterocycles. The molecule has 3 aromatic carbocycles. The molecule has 0 bridgehead atoms. The summed E-state index contributed by atoms with van der Waals surface area (Å²) >= 11 is 13.7. The van der Waals surface area contributed by atoms with Gasteiger partial charge >= 0.3 is 0 Å². The van der Waals surface area contributed by atoms with E-state index >= 15 is 0 Å². The van der Waals surface area contributed by atoms with Gasteiger partial charge < -0.3 is 18.9 Å². The van der Waals surface area contributed by atoms with Crippen molar-refractivity contribution in [1.82, 2.24) is 0 Å². The third kappa shape index (κ3) is 6.56. The van der Waals surface area contributed by atoms with Crippen LogP contribution >= 0.6 is 23.2 Å². The third-order valence-electron chi connectivity index (χ3n) is 8.78. The van der Waals surface area contributed by atoms with E-state index in [9.17, 15) is 9.59 Å². The Morgan fingerprint density at radius 3 is 1.85 bits per heavy atom. The van der Waals surface area contributed by atoms with E-state index in [-0.39, 0.29) is 29.0 Å². The highest BCUT2D eigenvalue weighted by atomic mass is 35.5. The van der Waals surface area contributed by atoms with Crippen LogP contribution < -0.4 is 14.2 Å². The van der Waals surface area contributed by atoms with Gasteiger partial charge in [-0.05, 0) is 51.8 Å². The topological polar surface area (TPSA) is 71.1 Å². The minimum absolute atomic E-state index is 0.0156. The van der Waals surface area contributed by atoms with Crippen LogP contribution in [0.15, 0.2) is 83.3 Å². The Morgan fingerprint density at radius 1 is 0.717 bits per heavy atom. The number of hydrogen-bond donors (Lipinski definition) is 0. The fraction of sp³-hybridized carbons (Fsp3) is 0.368. The van der Waals surface area contributed by atoms with Crippen LogP contribution in [0, 0.1) is 10.8 Å². The van der Waals surface area contributed by atoms with Gasteiger partial charge in [-0.2, -0.15) is 0 Å². The molecule has 6 nitrogen and oxygen atoms in total. The van der Waals surface area contributed by atoms with E-state index in [4.69, 9.17) is 42.1 Å². The monoisotopic (exact) mass is 660 g/mol. The van der Waals surface area contributed by atoms with Gasteiger partial charge in [-0.25, -0.2) is 0 Å². The Kier molecular flexibility index (Phi) is 8.73. The molecule has 6 rings (SSSR count). The van der Waals surface area contributed by atoms with Crippen LogP contribution in [0.4, 0.5) is 0 Å². The van der Waals surface area contributed by atoms with Crippen LogP contribution in [-0.2, 0) is 27.5 Å². The number of hydrogen-bond acceptors (Lipinski definition) is 6. The first-order chi connectivity index (χ1) is 21.8. The maximum absolute atomic E-state index is 13.6. The molecule has 0 amide bonds. The summed E-state index contributed by atoms with van der Waals surface area (Å²) in [6.07, 6.45) is 1.96. The van der Waals surface area contributed by atoms with Crippen molar-refractivity contribution in [3.63, 3.8) is 0 Å². The van der Waals surface area contributed by atoms with Crippen molar-refractivity contribution < 1.29 is 28.5 Å². The quantitative estimate of drug-likeness (QED) is 0.240. The van der Waals surface area contributed by atoms with E-state index in [0.29, 0.717) is 87.8 Å². The van der Waals surface area contributed by atoms with Crippen molar-refractivity contribution in [1.29, 1.82) is 0 Å². The summed E-state index contributed by atoms with van der Waals surface area (Å²) < 4.78 is 24.1. The van der Waals surface area contributed by atoms with E-state index in [1.165, 1.54) is 0 Å². The van der Waals surface area contributed by atoms with E-state index in [0.717, 1.165) is 11.1 Å². The van der Waals surface area contributed by atoms with Crippen LogP contribution in [0.3, 0.4) is 0 Å². The molecule has 3 aliphatic rings. The van der Waals surface area contributed by atoms with Crippen molar-refractivity contribution in [3.05, 3.63) is 110 Å². The summed E-state index contributed by atoms with van der Waals surface area (Å²) in [5.74, 6) is 2.19. The fourth-order valence-electron chi connectivity index (χ4n) is 6.70. The maximum atomic E-state index is 13.6. The molecular weight excluding hydrogens is 623 g/mol. The molecule has 8 heteroatoms. The number of benzene rings is 3. The molecular formula is C38H38Cl2O6. The van der Waals surface area contributed by atoms with E-state index in [2.05, 4.69) is 27.7 Å². The molecule has 0 N–H and O–H groups in total. The molecule has 0 atom stereocenters. The van der Waals surface area contributed by atoms with Gasteiger partial charge in [0.1, 0.15) is 24.7 Å². The van der Waals surface area contributed by atoms with Gasteiger partial charge in [0.2, 0.25) is 0 Å². The highest BCUT2D eigenvalue weighted by Crippen LogP contribution is 2.54. The molecule has 0 aromatic heterocycles. The lowest BCUT2D eigenvalue weighted by atomic mass is 9.65. The first-order valence-electron chi connectivity index (χ1n) is 15.5. The fourth-order valence-corrected chi connectivity index (χ4v) is 7.32. The summed E-state index contributed by atoms with van der Waals surface area (Å²) in [5, 5.41) is 0.584. The molecule has 0 saturated carbocycles. The van der Waals surface area contributed by atoms with Crippen molar-refractivity contribution in [2.45, 2.75) is 72.5 Å². The molecule has 1 heterocycles. The summed E-state index contributed by atoms with van der Waals surface area (Å²) in [5.41, 5.74) is 3.15. The number of carbonyl (C=O) groups excluding carboxylic acids is 2. The molecule has 0 unspecified atom stereocenters. The Balaban J connectivity index is 1.27. The summed E-state index contributed by atoms with van der Waals surface area (Å²) in [6, 6.07) is 19.0. The Labute approximate surface area is 280 Å². The molecule has 0 spiro atoms. The predicted octanol–water partition coefficient (Wildman–Crippen LogP) is 9.56. The molecule has 0 fully saturated rings. The molecule has 2 aliphatic carbocycles. The van der Waals surface area contributed by atoms with Crippen molar-refractivity contribution in [2.75, 3.05) is 7.11 Å². The van der Waals surface area contributed by atoms with Gasteiger partial charge in [-0.15, -0.1) is 0 Å². The minimum Gasteiger partial charge on any atom is -0.493 e. The number of rotatable bonds is 8. The lowest BCUT2D eigenvalue weighted by Gasteiger charge is -2.42. The van der Waals surface area contributed by atoms with Gasteiger partial charge in [-0.3, -0.25) is 9.59 Å². The molecule has 0 radical (unpaired) electrons. The number of methoxy groups -OCH3 is 1.